The van der Waals surface area contributed by atoms with Crippen molar-refractivity contribution in [1.29, 1.82) is 0 Å². The average molecular weight is 839 g/mol. The van der Waals surface area contributed by atoms with Crippen LogP contribution in [0.5, 0.6) is 0 Å². The van der Waals surface area contributed by atoms with Crippen molar-refractivity contribution >= 4 is 69.6 Å². The van der Waals surface area contributed by atoms with Gasteiger partial charge in [-0.1, -0.05) is 98.5 Å². The third-order valence-corrected chi connectivity index (χ3v) is 11.6. The molecule has 0 bridgehead atoms. The maximum atomic E-state index is 12.0. The van der Waals surface area contributed by atoms with Crippen molar-refractivity contribution in [2.24, 2.45) is 11.8 Å². The summed E-state index contributed by atoms with van der Waals surface area (Å²) in [7, 11) is 0. The number of aliphatic hydroxyl groups excluding tert-OH is 1. The number of allylic oxidation sites excluding steroid dienone is 2. The van der Waals surface area contributed by atoms with Gasteiger partial charge in [-0.25, -0.2) is 0 Å². The van der Waals surface area contributed by atoms with Crippen molar-refractivity contribution in [3.05, 3.63) is 115 Å². The van der Waals surface area contributed by atoms with Gasteiger partial charge in [0.05, 0.1) is 5.76 Å². The van der Waals surface area contributed by atoms with Crippen molar-refractivity contribution in [2.45, 2.75) is 64.2 Å². The van der Waals surface area contributed by atoms with Crippen LogP contribution in [0.15, 0.2) is 109 Å². The smallest absolute Gasteiger partial charge is 0.162 e. The molecule has 49 heavy (non-hydrogen) atoms. The monoisotopic (exact) mass is 839 g/mol. The van der Waals surface area contributed by atoms with Crippen LogP contribution in [0.25, 0.3) is 63.7 Å². The molecule has 1 radical (unpaired) electrons. The maximum absolute atomic E-state index is 12.0. The minimum absolute atomic E-state index is 0. The number of hydrogen-bond donors (Lipinski definition) is 1. The Kier molecular flexibility index (Phi) is 10.2. The molecule has 2 aromatic heterocycles. The van der Waals surface area contributed by atoms with E-state index in [1.165, 1.54) is 85.6 Å². The quantitative estimate of drug-likeness (QED) is 0.0831. The fraction of sp³-hybridized carbons (Fsp3) is 0.273. The molecule has 2 fully saturated rings. The number of nitrogens with zero attached hydrogens (tertiary/aromatic N) is 1. The summed E-state index contributed by atoms with van der Waals surface area (Å²) in [4.78, 5) is 16.8. The van der Waals surface area contributed by atoms with E-state index >= 15 is 0 Å². The number of hydrogen-bond acceptors (Lipinski definition) is 4. The molecule has 2 heterocycles. The number of carbonyl (C=O) groups is 1. The summed E-state index contributed by atoms with van der Waals surface area (Å²) < 4.78 is 2.56. The largest absolute Gasteiger partial charge is 0.512 e. The predicted molar refractivity (Wildman–Crippen MR) is 203 cm³/mol. The van der Waals surface area contributed by atoms with E-state index in [1.807, 2.05) is 23.6 Å². The van der Waals surface area contributed by atoms with Crippen molar-refractivity contribution in [3.63, 3.8) is 0 Å². The molecule has 0 amide bonds. The zero-order chi connectivity index (χ0) is 32.5. The molecule has 0 atom stereocenters. The van der Waals surface area contributed by atoms with Gasteiger partial charge in [0.1, 0.15) is 0 Å². The van der Waals surface area contributed by atoms with E-state index in [0.717, 1.165) is 42.3 Å². The first-order valence-corrected chi connectivity index (χ1v) is 18.4. The fourth-order valence-corrected chi connectivity index (χ4v) is 8.99. The van der Waals surface area contributed by atoms with Gasteiger partial charge in [-0.15, -0.1) is 23.8 Å². The Labute approximate surface area is 305 Å². The van der Waals surface area contributed by atoms with Crippen molar-refractivity contribution in [2.75, 3.05) is 0 Å². The SMILES string of the molecule is O=C(/C=C(\O)C1CCCCC1)C1CCCCC1.[Ir].[c-]1ccc2c(sc3cc4cc5ccccc5cc4cc32)c1-c1cc2ccccc2cn1. The molecule has 7 aromatic rings. The van der Waals surface area contributed by atoms with Gasteiger partial charge in [0.15, 0.2) is 5.78 Å². The molecule has 0 aliphatic heterocycles. The minimum Gasteiger partial charge on any atom is -0.512 e. The second kappa shape index (κ2) is 14.9. The van der Waals surface area contributed by atoms with Gasteiger partial charge < -0.3 is 10.1 Å². The van der Waals surface area contributed by atoms with Gasteiger partial charge in [-0.2, -0.15) is 11.3 Å². The number of aromatic nitrogens is 1. The molecule has 1 N–H and O–H groups in total. The second-order valence-electron chi connectivity index (χ2n) is 13.7. The third kappa shape index (κ3) is 7.08. The molecule has 249 valence electrons. The predicted octanol–water partition coefficient (Wildman–Crippen LogP) is 12.5. The summed E-state index contributed by atoms with van der Waals surface area (Å²) in [6.07, 6.45) is 14.9. The van der Waals surface area contributed by atoms with Crippen LogP contribution in [-0.2, 0) is 24.9 Å². The van der Waals surface area contributed by atoms with Crippen LogP contribution in [0.1, 0.15) is 64.2 Å². The first-order chi connectivity index (χ1) is 23.6. The van der Waals surface area contributed by atoms with Crippen molar-refractivity contribution in [3.8, 4) is 11.3 Å². The van der Waals surface area contributed by atoms with Gasteiger partial charge in [0, 0.05) is 48.9 Å². The first-order valence-electron chi connectivity index (χ1n) is 17.6. The van der Waals surface area contributed by atoms with E-state index in [0.29, 0.717) is 5.76 Å². The standard InChI is InChI=1S/C29H16NS.C15H24O2.Ir/c1-2-7-19-13-23-16-28-26(14-22(23)12-18(19)6-1)24-10-5-11-25(29(24)31-28)27-15-20-8-3-4-9-21(20)17-30-27;16-14(12-7-3-1-4-8-12)11-15(17)13-9-5-2-6-10-13;/h1-10,12-17H;11-13,16H,1-10H2;/q-1;;/b;14-11-;. The molecular formula is C44H40IrNO2S-. The number of rotatable bonds is 4. The summed E-state index contributed by atoms with van der Waals surface area (Å²) in [6.45, 7) is 0. The Morgan fingerprint density at radius 3 is 1.96 bits per heavy atom. The molecule has 0 spiro atoms. The Hall–Kier alpha value is -3.89. The molecule has 5 aromatic carbocycles. The van der Waals surface area contributed by atoms with E-state index in [2.05, 4.69) is 91.0 Å². The van der Waals surface area contributed by atoms with Crippen molar-refractivity contribution < 1.29 is 30.0 Å². The fourth-order valence-electron chi connectivity index (χ4n) is 7.76. The van der Waals surface area contributed by atoms with Gasteiger partial charge in [0.25, 0.3) is 0 Å². The molecule has 2 aliphatic carbocycles. The molecule has 2 aliphatic rings. The van der Waals surface area contributed by atoms with Crippen LogP contribution in [0.2, 0.25) is 0 Å². The number of pyridine rings is 1. The third-order valence-electron chi connectivity index (χ3n) is 10.5. The zero-order valence-corrected chi connectivity index (χ0v) is 30.8. The topological polar surface area (TPSA) is 50.2 Å². The van der Waals surface area contributed by atoms with Crippen LogP contribution in [0.4, 0.5) is 0 Å². The summed E-state index contributed by atoms with van der Waals surface area (Å²) in [6, 6.07) is 36.1. The Bertz CT molecular complexity index is 2310. The Morgan fingerprint density at radius 1 is 0.694 bits per heavy atom. The first kappa shape index (κ1) is 33.6. The van der Waals surface area contributed by atoms with Crippen LogP contribution < -0.4 is 0 Å². The number of aliphatic hydroxyl groups is 1. The number of benzene rings is 5. The molecule has 5 heteroatoms. The molecule has 0 unspecified atom stereocenters. The van der Waals surface area contributed by atoms with E-state index in [4.69, 9.17) is 4.98 Å². The summed E-state index contributed by atoms with van der Waals surface area (Å²) in [5.74, 6) is 0.985. The number of thiophene rings is 1. The molecular weight excluding hydrogens is 799 g/mol. The van der Waals surface area contributed by atoms with E-state index in [9.17, 15) is 9.90 Å². The van der Waals surface area contributed by atoms with Gasteiger partial charge in [-0.05, 0) is 98.0 Å². The van der Waals surface area contributed by atoms with Gasteiger partial charge >= 0.3 is 0 Å². The van der Waals surface area contributed by atoms with Crippen LogP contribution in [0, 0.1) is 17.9 Å². The van der Waals surface area contributed by atoms with Crippen LogP contribution in [0.3, 0.4) is 0 Å². The van der Waals surface area contributed by atoms with Gasteiger partial charge in [0.2, 0.25) is 0 Å². The Balaban J connectivity index is 0.000000180. The molecule has 3 nitrogen and oxygen atoms in total. The van der Waals surface area contributed by atoms with Crippen LogP contribution >= 0.6 is 11.3 Å². The van der Waals surface area contributed by atoms with E-state index in [1.54, 1.807) is 6.08 Å². The van der Waals surface area contributed by atoms with Crippen LogP contribution in [-0.4, -0.2) is 15.9 Å². The Morgan fingerprint density at radius 2 is 1.29 bits per heavy atom. The number of carbonyl (C=O) groups excluding carboxylic acids is 1. The van der Waals surface area contributed by atoms with Gasteiger partial charge in [-0.3, -0.25) is 4.79 Å². The second-order valence-corrected chi connectivity index (χ2v) is 14.7. The summed E-state index contributed by atoms with van der Waals surface area (Å²) >= 11 is 1.84. The number of fused-ring (bicyclic) bond motifs is 6. The number of ketones is 1. The van der Waals surface area contributed by atoms with E-state index in [-0.39, 0.29) is 37.7 Å². The zero-order valence-electron chi connectivity index (χ0n) is 27.6. The average Bonchev–Trinajstić information content (AvgIpc) is 3.51. The maximum Gasteiger partial charge on any atom is 0.162 e. The minimum atomic E-state index is 0. The van der Waals surface area contributed by atoms with E-state index < -0.39 is 0 Å². The summed E-state index contributed by atoms with van der Waals surface area (Å²) in [5.41, 5.74) is 2.06. The molecule has 0 saturated heterocycles. The molecule has 2 saturated carbocycles. The van der Waals surface area contributed by atoms with Crippen molar-refractivity contribution in [1.82, 2.24) is 4.98 Å². The molecule has 9 rings (SSSR count). The normalized spacial score (nSPS) is 16.1. The summed E-state index contributed by atoms with van der Waals surface area (Å²) in [5, 5.41) is 20.1.